The van der Waals surface area contributed by atoms with E-state index in [4.69, 9.17) is 4.42 Å². The number of hydrogen-bond donors (Lipinski definition) is 0. The van der Waals surface area contributed by atoms with Crippen molar-refractivity contribution in [3.8, 4) is 0 Å². The average Bonchev–Trinajstić information content (AvgIpc) is 3.75. The number of anilines is 3. The Kier molecular flexibility index (Phi) is 16.7. The number of pyridine rings is 3. The van der Waals surface area contributed by atoms with Crippen LogP contribution in [0.2, 0.25) is 0 Å². The highest BCUT2D eigenvalue weighted by Gasteiger charge is 2.35. The molecular weight excluding hydrogens is 1120 g/mol. The normalized spacial score (nSPS) is 14.4. The quantitative estimate of drug-likeness (QED) is 0.105. The highest BCUT2D eigenvalue weighted by atomic mass is 32.1. The second-order valence-electron chi connectivity index (χ2n) is 20.2. The fraction of sp³-hybridized carbons (Fsp3) is 0.254. The second-order valence-corrected chi connectivity index (χ2v) is 21.1. The van der Waals surface area contributed by atoms with Crippen molar-refractivity contribution in [2.24, 2.45) is 21.1 Å². The van der Waals surface area contributed by atoms with Gasteiger partial charge in [-0.3, -0.25) is 59.1 Å². The molecule has 3 aliphatic rings. The van der Waals surface area contributed by atoms with Gasteiger partial charge in [-0.15, -0.1) is 11.3 Å². The van der Waals surface area contributed by atoms with Gasteiger partial charge < -0.3 is 47.5 Å². The molecule has 0 atom stereocenters. The van der Waals surface area contributed by atoms with Crippen molar-refractivity contribution < 1.29 is 33.6 Å². The Bertz CT molecular complexity index is 4060. The zero-order valence-corrected chi connectivity index (χ0v) is 47.2. The van der Waals surface area contributed by atoms with Crippen molar-refractivity contribution in [1.82, 2.24) is 28.4 Å². The predicted octanol–water partition coefficient (Wildman–Crippen LogP) is 6.88. The van der Waals surface area contributed by atoms with E-state index in [-0.39, 0.29) is 23.5 Å². The van der Waals surface area contributed by atoms with E-state index in [0.29, 0.717) is 139 Å². The summed E-state index contributed by atoms with van der Waals surface area (Å²) in [5, 5.41) is 39.0. The molecule has 0 aliphatic carbocycles. The molecule has 4 aromatic carbocycles. The number of amides is 3. The molecule has 5 aromatic heterocycles. The van der Waals surface area contributed by atoms with Crippen LogP contribution in [-0.4, -0.2) is 139 Å². The van der Waals surface area contributed by atoms with Crippen LogP contribution in [-0.2, 0) is 21.1 Å². The summed E-state index contributed by atoms with van der Waals surface area (Å²) in [4.78, 5) is 120. The number of nitro groups is 3. The van der Waals surface area contributed by atoms with Crippen LogP contribution in [0.5, 0.6) is 0 Å². The number of thiophene rings is 1. The lowest BCUT2D eigenvalue weighted by Gasteiger charge is -2.36. The summed E-state index contributed by atoms with van der Waals surface area (Å²) in [5.74, 6) is -0.0435. The zero-order valence-electron chi connectivity index (χ0n) is 46.3. The average molecular weight is 1170 g/mol. The molecule has 3 aliphatic heterocycles. The third-order valence-electron chi connectivity index (χ3n) is 15.4. The van der Waals surface area contributed by atoms with Gasteiger partial charge >= 0.3 is 33.7 Å². The van der Waals surface area contributed by atoms with Crippen LogP contribution >= 0.6 is 11.3 Å². The van der Waals surface area contributed by atoms with Gasteiger partial charge in [0.15, 0.2) is 5.76 Å². The standard InChI is InChI=1S/C21H20N4O4.C19H18N4O5.C19H18N4O4S/c1-22-17-10-6-5-9-16(17)18(19(21(22)27)25(28)29)23-11-13-24(14-12-23)20(26)15-7-3-2-4-8-15;2*1-20-14-6-3-2-5-13(14)16(17(19(20)25)23(26)27)21-8-10-22(11-9-21)18(24)15-7-4-12-28-15/h2-10H,11-14H2,1H3;2*2-7,12H,8-11H2,1H3. The van der Waals surface area contributed by atoms with Crippen molar-refractivity contribution in [1.29, 1.82) is 0 Å². The molecule has 3 amide bonds. The predicted molar refractivity (Wildman–Crippen MR) is 321 cm³/mol. The number of carbonyl (C=O) groups is 3. The van der Waals surface area contributed by atoms with Gasteiger partial charge in [-0.25, -0.2) is 0 Å². The summed E-state index contributed by atoms with van der Waals surface area (Å²) in [7, 11) is 4.61. The number of carbonyl (C=O) groups excluding carboxylic acids is 3. The van der Waals surface area contributed by atoms with Gasteiger partial charge in [0, 0.05) is 121 Å². The third kappa shape index (κ3) is 11.3. The molecule has 0 saturated carbocycles. The number of aromatic nitrogens is 3. The van der Waals surface area contributed by atoms with Crippen LogP contribution in [0, 0.1) is 30.3 Å². The maximum absolute atomic E-state index is 12.7. The van der Waals surface area contributed by atoms with E-state index in [1.54, 1.807) is 125 Å². The number of nitrogens with zero attached hydrogens (tertiary/aromatic N) is 12. The lowest BCUT2D eigenvalue weighted by atomic mass is 10.1. The molecule has 3 saturated heterocycles. The topological polar surface area (TPSA) is 279 Å². The fourth-order valence-electron chi connectivity index (χ4n) is 11.1. The van der Waals surface area contributed by atoms with E-state index in [9.17, 15) is 59.1 Å². The second kappa shape index (κ2) is 24.5. The Labute approximate surface area is 487 Å². The molecule has 26 heteroatoms. The van der Waals surface area contributed by atoms with Crippen LogP contribution in [0.25, 0.3) is 32.7 Å². The van der Waals surface area contributed by atoms with Crippen molar-refractivity contribution in [3.05, 3.63) is 217 Å². The number of aryl methyl sites for hydroxylation is 3. The van der Waals surface area contributed by atoms with Crippen molar-refractivity contribution in [3.63, 3.8) is 0 Å². The Hall–Kier alpha value is -10.5. The summed E-state index contributed by atoms with van der Waals surface area (Å²) in [6.45, 7) is 4.92. The number of fused-ring (bicyclic) bond motifs is 3. The summed E-state index contributed by atoms with van der Waals surface area (Å²) in [5.41, 5.74) is 0.329. The van der Waals surface area contributed by atoms with E-state index in [2.05, 4.69) is 0 Å². The lowest BCUT2D eigenvalue weighted by Crippen LogP contribution is -2.49. The van der Waals surface area contributed by atoms with E-state index < -0.39 is 48.5 Å². The van der Waals surface area contributed by atoms with Crippen molar-refractivity contribution in [2.45, 2.75) is 0 Å². The molecule has 0 radical (unpaired) electrons. The Morgan fingerprint density at radius 2 is 0.776 bits per heavy atom. The summed E-state index contributed by atoms with van der Waals surface area (Å²) < 4.78 is 9.08. The number of benzene rings is 4. The van der Waals surface area contributed by atoms with Crippen LogP contribution in [0.15, 0.2) is 158 Å². The third-order valence-corrected chi connectivity index (χ3v) is 16.3. The van der Waals surface area contributed by atoms with Gasteiger partial charge in [0.25, 0.3) is 17.7 Å². The zero-order chi connectivity index (χ0) is 60.2. The maximum Gasteiger partial charge on any atom is 0.357 e. The van der Waals surface area contributed by atoms with Gasteiger partial charge in [0.1, 0.15) is 17.1 Å². The highest BCUT2D eigenvalue weighted by Crippen LogP contribution is 2.37. The molecule has 25 nitrogen and oxygen atoms in total. The smallest absolute Gasteiger partial charge is 0.357 e. The minimum absolute atomic E-state index is 0.0296. The first-order valence-electron chi connectivity index (χ1n) is 27.0. The molecule has 0 unspecified atom stereocenters. The number of hydrogen-bond acceptors (Lipinski definition) is 17. The molecule has 3 fully saturated rings. The monoisotopic (exact) mass is 1170 g/mol. The van der Waals surface area contributed by atoms with E-state index in [0.717, 1.165) is 0 Å². The molecule has 85 heavy (non-hydrogen) atoms. The largest absolute Gasteiger partial charge is 0.459 e. The van der Waals surface area contributed by atoms with E-state index >= 15 is 0 Å². The summed E-state index contributed by atoms with van der Waals surface area (Å²) in [6, 6.07) is 37.4. The van der Waals surface area contributed by atoms with E-state index in [1.165, 1.54) is 45.4 Å². The molecule has 8 heterocycles. The molecule has 12 rings (SSSR count). The number of rotatable bonds is 9. The number of furan rings is 1. The molecule has 0 bridgehead atoms. The fourth-order valence-corrected chi connectivity index (χ4v) is 11.8. The summed E-state index contributed by atoms with van der Waals surface area (Å²) in [6.07, 6.45) is 1.44. The first-order valence-corrected chi connectivity index (χ1v) is 27.9. The Balaban J connectivity index is 0.000000142. The Morgan fingerprint density at radius 3 is 1.12 bits per heavy atom. The van der Waals surface area contributed by atoms with Gasteiger partial charge in [0.05, 0.1) is 42.5 Å². The molecule has 0 N–H and O–H groups in total. The van der Waals surface area contributed by atoms with Crippen molar-refractivity contribution >= 4 is 95.9 Å². The van der Waals surface area contributed by atoms with Gasteiger partial charge in [0.2, 0.25) is 0 Å². The van der Waals surface area contributed by atoms with Crippen molar-refractivity contribution in [2.75, 3.05) is 93.2 Å². The van der Waals surface area contributed by atoms with Crippen LogP contribution in [0.3, 0.4) is 0 Å². The summed E-state index contributed by atoms with van der Waals surface area (Å²) >= 11 is 1.40. The van der Waals surface area contributed by atoms with Crippen LogP contribution in [0.1, 0.15) is 30.6 Å². The molecule has 436 valence electrons. The van der Waals surface area contributed by atoms with E-state index in [1.807, 2.05) is 44.3 Å². The molecular formula is C59H56N12O13S. The number of para-hydroxylation sites is 3. The molecule has 0 spiro atoms. The minimum Gasteiger partial charge on any atom is -0.459 e. The number of piperazine rings is 3. The highest BCUT2D eigenvalue weighted by molar-refractivity contribution is 7.12. The van der Waals surface area contributed by atoms with Gasteiger partial charge in [-0.1, -0.05) is 78.9 Å². The first-order chi connectivity index (χ1) is 41.0. The van der Waals surface area contributed by atoms with Crippen LogP contribution in [0.4, 0.5) is 34.1 Å². The SMILES string of the molecule is Cn1c(=O)c([N+](=O)[O-])c(N2CCN(C(=O)c3ccccc3)CC2)c2ccccc21.Cn1c(=O)c([N+](=O)[O-])c(N2CCN(C(=O)c3ccco3)CC2)c2ccccc21.Cn1c(=O)c([N+](=O)[O-])c(N2CCN(C(=O)c3cccs3)CC2)c2ccccc21. The minimum atomic E-state index is -0.646. The van der Waals surface area contributed by atoms with Crippen LogP contribution < -0.4 is 31.4 Å². The van der Waals surface area contributed by atoms with Gasteiger partial charge in [-0.05, 0) is 53.9 Å². The Morgan fingerprint density at radius 1 is 0.424 bits per heavy atom. The maximum atomic E-state index is 12.7. The lowest BCUT2D eigenvalue weighted by molar-refractivity contribution is -0.385. The first kappa shape index (κ1) is 57.7. The van der Waals surface area contributed by atoms with Gasteiger partial charge in [-0.2, -0.15) is 0 Å². The molecule has 9 aromatic rings.